The Kier molecular flexibility index (Phi) is 7.17. The Morgan fingerprint density at radius 3 is 2.47 bits per heavy atom. The fourth-order valence-corrected chi connectivity index (χ4v) is 4.73. The summed E-state index contributed by atoms with van der Waals surface area (Å²) < 4.78 is 10.7. The first-order valence-corrected chi connectivity index (χ1v) is 11.7. The predicted molar refractivity (Wildman–Crippen MR) is 134 cm³/mol. The second-order valence-electron chi connectivity index (χ2n) is 8.81. The van der Waals surface area contributed by atoms with Gasteiger partial charge in [-0.3, -0.25) is 14.5 Å². The Morgan fingerprint density at radius 2 is 1.71 bits per heavy atom. The molecule has 0 bridgehead atoms. The zero-order valence-electron chi connectivity index (χ0n) is 20.3. The normalized spacial score (nSPS) is 14.8. The van der Waals surface area contributed by atoms with Crippen molar-refractivity contribution in [1.82, 2.24) is 9.80 Å². The lowest BCUT2D eigenvalue weighted by Crippen LogP contribution is -2.38. The van der Waals surface area contributed by atoms with Gasteiger partial charge in [0.05, 0.1) is 14.2 Å². The molecule has 34 heavy (non-hydrogen) atoms. The van der Waals surface area contributed by atoms with Gasteiger partial charge >= 0.3 is 0 Å². The Balaban J connectivity index is 1.41. The van der Waals surface area contributed by atoms with Gasteiger partial charge in [-0.25, -0.2) is 0 Å². The number of benzene rings is 3. The minimum atomic E-state index is -0.481. The van der Waals surface area contributed by atoms with E-state index in [1.807, 2.05) is 6.07 Å². The highest BCUT2D eigenvalue weighted by Crippen LogP contribution is 2.32. The molecule has 1 atom stereocenters. The molecule has 178 valence electrons. The maximum Gasteiger partial charge on any atom is 0.294 e. The molecule has 0 saturated heterocycles. The van der Waals surface area contributed by atoms with Gasteiger partial charge in [-0.15, -0.1) is 0 Å². The molecule has 0 N–H and O–H groups in total. The standard InChI is InChI=1S/C28H32N2O4/c1-19(22-12-7-10-20-9-5-6-11-23(20)22)29(2)14-8-15-30-16-13-21-17-25(33-3)26(34-4)18-24(21)27(31)28(30)32/h5-7,9-12,17-19H,8,13-16H2,1-4H3. The van der Waals surface area contributed by atoms with Gasteiger partial charge in [-0.1, -0.05) is 42.5 Å². The topological polar surface area (TPSA) is 59.1 Å². The second kappa shape index (κ2) is 10.3. The molecule has 1 unspecified atom stereocenters. The van der Waals surface area contributed by atoms with Gasteiger partial charge in [-0.05, 0) is 60.8 Å². The van der Waals surface area contributed by atoms with Crippen LogP contribution in [-0.2, 0) is 11.2 Å². The van der Waals surface area contributed by atoms with Crippen molar-refractivity contribution in [2.75, 3.05) is 40.9 Å². The van der Waals surface area contributed by atoms with Crippen LogP contribution < -0.4 is 9.47 Å². The molecule has 6 heteroatoms. The first kappa shape index (κ1) is 23.8. The van der Waals surface area contributed by atoms with E-state index >= 15 is 0 Å². The summed E-state index contributed by atoms with van der Waals surface area (Å²) >= 11 is 0. The summed E-state index contributed by atoms with van der Waals surface area (Å²) in [4.78, 5) is 29.8. The summed E-state index contributed by atoms with van der Waals surface area (Å²) in [6.45, 7) is 4.08. The summed E-state index contributed by atoms with van der Waals surface area (Å²) in [7, 11) is 5.20. The van der Waals surface area contributed by atoms with Crippen LogP contribution in [0.4, 0.5) is 0 Å². The number of carbonyl (C=O) groups is 2. The molecule has 1 aliphatic heterocycles. The highest BCUT2D eigenvalue weighted by Gasteiger charge is 2.30. The number of hydrogen-bond donors (Lipinski definition) is 0. The molecule has 0 saturated carbocycles. The molecule has 0 radical (unpaired) electrons. The molecular weight excluding hydrogens is 428 g/mol. The van der Waals surface area contributed by atoms with E-state index in [1.165, 1.54) is 23.4 Å². The summed E-state index contributed by atoms with van der Waals surface area (Å²) in [5, 5.41) is 2.50. The molecule has 0 spiro atoms. The SMILES string of the molecule is COc1cc2c(cc1OC)C(=O)C(=O)N(CCCN(C)C(C)c1cccc3ccccc13)CC2. The van der Waals surface area contributed by atoms with Crippen LogP contribution in [0, 0.1) is 0 Å². The number of hydrogen-bond acceptors (Lipinski definition) is 5. The van der Waals surface area contributed by atoms with Crippen LogP contribution in [0.5, 0.6) is 11.5 Å². The Hall–Kier alpha value is -3.38. The lowest BCUT2D eigenvalue weighted by Gasteiger charge is -2.27. The van der Waals surface area contributed by atoms with Gasteiger partial charge in [0, 0.05) is 31.2 Å². The van der Waals surface area contributed by atoms with E-state index in [0.29, 0.717) is 36.6 Å². The van der Waals surface area contributed by atoms with Crippen molar-refractivity contribution in [3.63, 3.8) is 0 Å². The highest BCUT2D eigenvalue weighted by molar-refractivity contribution is 6.43. The van der Waals surface area contributed by atoms with E-state index < -0.39 is 11.7 Å². The third-order valence-corrected chi connectivity index (χ3v) is 6.86. The van der Waals surface area contributed by atoms with Crippen LogP contribution in [0.2, 0.25) is 0 Å². The van der Waals surface area contributed by atoms with Gasteiger partial charge in [0.2, 0.25) is 0 Å². The molecule has 1 amide bonds. The van der Waals surface area contributed by atoms with E-state index in [2.05, 4.69) is 61.3 Å². The van der Waals surface area contributed by atoms with Gasteiger partial charge in [-0.2, -0.15) is 0 Å². The van der Waals surface area contributed by atoms with Crippen LogP contribution in [0.1, 0.15) is 40.9 Å². The predicted octanol–water partition coefficient (Wildman–Crippen LogP) is 4.51. The number of Topliss-reactive ketones (excluding diaryl/α,β-unsaturated/α-hetero) is 1. The monoisotopic (exact) mass is 460 g/mol. The summed E-state index contributed by atoms with van der Waals surface area (Å²) in [5.41, 5.74) is 2.52. The minimum absolute atomic E-state index is 0.233. The van der Waals surface area contributed by atoms with Crippen molar-refractivity contribution in [1.29, 1.82) is 0 Å². The number of fused-ring (bicyclic) bond motifs is 2. The number of carbonyl (C=O) groups excluding carboxylic acids is 2. The molecular formula is C28H32N2O4. The fraction of sp³-hybridized carbons (Fsp3) is 0.357. The van der Waals surface area contributed by atoms with E-state index in [-0.39, 0.29) is 6.04 Å². The molecule has 3 aromatic rings. The number of nitrogens with zero attached hydrogens (tertiary/aromatic N) is 2. The zero-order valence-corrected chi connectivity index (χ0v) is 20.3. The van der Waals surface area contributed by atoms with Crippen LogP contribution in [-0.4, -0.2) is 62.4 Å². The largest absolute Gasteiger partial charge is 0.493 e. The average Bonchev–Trinajstić information content (AvgIpc) is 2.98. The van der Waals surface area contributed by atoms with Crippen molar-refractivity contribution < 1.29 is 19.1 Å². The van der Waals surface area contributed by atoms with E-state index in [9.17, 15) is 9.59 Å². The van der Waals surface area contributed by atoms with Gasteiger partial charge in [0.25, 0.3) is 11.7 Å². The number of rotatable bonds is 8. The van der Waals surface area contributed by atoms with Crippen molar-refractivity contribution in [3.8, 4) is 11.5 Å². The molecule has 0 aromatic heterocycles. The van der Waals surface area contributed by atoms with Crippen molar-refractivity contribution in [3.05, 3.63) is 71.3 Å². The van der Waals surface area contributed by atoms with Crippen LogP contribution >= 0.6 is 0 Å². The van der Waals surface area contributed by atoms with Crippen LogP contribution in [0.25, 0.3) is 10.8 Å². The summed E-state index contributed by atoms with van der Waals surface area (Å²) in [6, 6.07) is 18.5. The van der Waals surface area contributed by atoms with Gasteiger partial charge in [0.15, 0.2) is 11.5 Å². The Morgan fingerprint density at radius 1 is 1.00 bits per heavy atom. The van der Waals surface area contributed by atoms with E-state index in [4.69, 9.17) is 9.47 Å². The first-order valence-electron chi connectivity index (χ1n) is 11.7. The molecule has 0 fully saturated rings. The first-order chi connectivity index (χ1) is 16.4. The number of amides is 1. The fourth-order valence-electron chi connectivity index (χ4n) is 4.73. The van der Waals surface area contributed by atoms with Gasteiger partial charge < -0.3 is 14.4 Å². The van der Waals surface area contributed by atoms with Gasteiger partial charge in [0.1, 0.15) is 0 Å². The molecule has 1 aliphatic rings. The smallest absolute Gasteiger partial charge is 0.294 e. The maximum absolute atomic E-state index is 12.9. The molecule has 4 rings (SSSR count). The van der Waals surface area contributed by atoms with Crippen molar-refractivity contribution in [2.45, 2.75) is 25.8 Å². The zero-order chi connectivity index (χ0) is 24.2. The van der Waals surface area contributed by atoms with E-state index in [0.717, 1.165) is 18.5 Å². The van der Waals surface area contributed by atoms with E-state index in [1.54, 1.807) is 18.1 Å². The van der Waals surface area contributed by atoms with Crippen LogP contribution in [0.15, 0.2) is 54.6 Å². The molecule has 0 aliphatic carbocycles. The Bertz CT molecular complexity index is 1200. The van der Waals surface area contributed by atoms with Crippen LogP contribution in [0.3, 0.4) is 0 Å². The summed E-state index contributed by atoms with van der Waals surface area (Å²) in [6.07, 6.45) is 1.39. The number of methoxy groups -OCH3 is 2. The minimum Gasteiger partial charge on any atom is -0.493 e. The van der Waals surface area contributed by atoms with Crippen molar-refractivity contribution >= 4 is 22.5 Å². The second-order valence-corrected chi connectivity index (χ2v) is 8.81. The average molecular weight is 461 g/mol. The van der Waals surface area contributed by atoms with Crippen molar-refractivity contribution in [2.24, 2.45) is 0 Å². The molecule has 6 nitrogen and oxygen atoms in total. The lowest BCUT2D eigenvalue weighted by atomic mass is 9.99. The lowest BCUT2D eigenvalue weighted by molar-refractivity contribution is -0.126. The third kappa shape index (κ3) is 4.64. The summed E-state index contributed by atoms with van der Waals surface area (Å²) in [5.74, 6) is 0.0977. The molecule has 3 aromatic carbocycles. The maximum atomic E-state index is 12.9. The third-order valence-electron chi connectivity index (χ3n) is 6.86. The quantitative estimate of drug-likeness (QED) is 0.463. The number of ether oxygens (including phenoxy) is 2. The Labute approximate surface area is 201 Å². The highest BCUT2D eigenvalue weighted by atomic mass is 16.5. The number of ketones is 1. The molecule has 1 heterocycles.